The van der Waals surface area contributed by atoms with Crippen LogP contribution in [0.3, 0.4) is 0 Å². The molecule has 1 aliphatic carbocycles. The Bertz CT molecular complexity index is 1130. The summed E-state index contributed by atoms with van der Waals surface area (Å²) in [5.41, 5.74) is 2.83. The zero-order chi connectivity index (χ0) is 30.4. The molecule has 0 amide bonds. The maximum Gasteiger partial charge on any atom is 0.306 e. The maximum absolute atomic E-state index is 15.1. The summed E-state index contributed by atoms with van der Waals surface area (Å²) in [5, 5.41) is 0. The number of carbonyl (C=O) groups is 3. The molecule has 2 aliphatic rings. The highest BCUT2D eigenvalue weighted by molar-refractivity contribution is 6.12. The van der Waals surface area contributed by atoms with E-state index in [2.05, 4.69) is 26.5 Å². The van der Waals surface area contributed by atoms with Crippen molar-refractivity contribution in [1.29, 1.82) is 0 Å². The van der Waals surface area contributed by atoms with Gasteiger partial charge in [0, 0.05) is 11.5 Å². The first-order chi connectivity index (χ1) is 18.7. The molecule has 1 heterocycles. The molecule has 0 spiro atoms. The smallest absolute Gasteiger partial charge is 0.306 e. The van der Waals surface area contributed by atoms with E-state index >= 15 is 4.79 Å². The molecule has 0 radical (unpaired) electrons. The summed E-state index contributed by atoms with van der Waals surface area (Å²) in [7, 11) is 2.89. The van der Waals surface area contributed by atoms with Crippen LogP contribution in [0.1, 0.15) is 93.9 Å². The molecule has 6 heteroatoms. The first-order valence-corrected chi connectivity index (χ1v) is 14.5. The number of ether oxygens (including phenoxy) is 3. The van der Waals surface area contributed by atoms with Gasteiger partial charge in [0.25, 0.3) is 0 Å². The second-order valence-electron chi connectivity index (χ2n) is 12.1. The third-order valence-electron chi connectivity index (χ3n) is 8.33. The van der Waals surface area contributed by atoms with Gasteiger partial charge in [0.2, 0.25) is 0 Å². The summed E-state index contributed by atoms with van der Waals surface area (Å²) in [6.45, 7) is 20.1. The summed E-state index contributed by atoms with van der Waals surface area (Å²) in [6.07, 6.45) is 6.67. The fourth-order valence-corrected chi connectivity index (χ4v) is 5.76. The summed E-state index contributed by atoms with van der Waals surface area (Å²) in [4.78, 5) is 41.7. The monoisotopic (exact) mass is 554 g/mol. The highest BCUT2D eigenvalue weighted by Crippen LogP contribution is 2.54. The van der Waals surface area contributed by atoms with Gasteiger partial charge in [-0.2, -0.15) is 0 Å². The Morgan fingerprint density at radius 1 is 1.07 bits per heavy atom. The quantitative estimate of drug-likeness (QED) is 0.172. The van der Waals surface area contributed by atoms with E-state index in [1.807, 2.05) is 47.6 Å². The maximum atomic E-state index is 15.1. The SMILES string of the molecule is C=C(C)[C@H](CC=C(C)C)C[C@@]1(CC=C(C)C)C(=O)C([C@@H](CCC)CC(=O)OC)=C2O[C@H](C)[C@@H](C)C(=O)C2=C1OC. The Morgan fingerprint density at radius 3 is 2.20 bits per heavy atom. The summed E-state index contributed by atoms with van der Waals surface area (Å²) in [5.74, 6) is -0.870. The van der Waals surface area contributed by atoms with E-state index in [9.17, 15) is 9.59 Å². The summed E-state index contributed by atoms with van der Waals surface area (Å²) in [6, 6.07) is 0. The van der Waals surface area contributed by atoms with Gasteiger partial charge in [-0.1, -0.05) is 55.7 Å². The molecule has 0 bridgehead atoms. The van der Waals surface area contributed by atoms with Gasteiger partial charge < -0.3 is 14.2 Å². The number of esters is 1. The lowest BCUT2D eigenvalue weighted by molar-refractivity contribution is -0.141. The van der Waals surface area contributed by atoms with Gasteiger partial charge in [-0.25, -0.2) is 0 Å². The van der Waals surface area contributed by atoms with Gasteiger partial charge in [0.05, 0.1) is 37.5 Å². The van der Waals surface area contributed by atoms with Gasteiger partial charge >= 0.3 is 5.97 Å². The van der Waals surface area contributed by atoms with Gasteiger partial charge in [-0.05, 0) is 73.1 Å². The molecule has 0 saturated carbocycles. The fraction of sp³-hybridized carbons (Fsp3) is 0.618. The third-order valence-corrected chi connectivity index (χ3v) is 8.33. The number of ketones is 2. The predicted octanol–water partition coefficient (Wildman–Crippen LogP) is 7.61. The van der Waals surface area contributed by atoms with E-state index < -0.39 is 29.3 Å². The minimum absolute atomic E-state index is 0.0286. The fourth-order valence-electron chi connectivity index (χ4n) is 5.76. The Kier molecular flexibility index (Phi) is 11.8. The van der Waals surface area contributed by atoms with Crippen LogP contribution < -0.4 is 0 Å². The average Bonchev–Trinajstić information content (AvgIpc) is 2.88. The number of carbonyl (C=O) groups excluding carboxylic acids is 3. The van der Waals surface area contributed by atoms with Crippen molar-refractivity contribution >= 4 is 17.5 Å². The van der Waals surface area contributed by atoms with E-state index in [0.717, 1.165) is 24.0 Å². The van der Waals surface area contributed by atoms with Crippen molar-refractivity contribution in [2.75, 3.05) is 14.2 Å². The number of hydrogen-bond acceptors (Lipinski definition) is 6. The lowest BCUT2D eigenvalue weighted by atomic mass is 9.61. The topological polar surface area (TPSA) is 78.9 Å². The molecule has 0 unspecified atom stereocenters. The summed E-state index contributed by atoms with van der Waals surface area (Å²) >= 11 is 0. The van der Waals surface area contributed by atoms with Gasteiger partial charge in [0.15, 0.2) is 11.6 Å². The van der Waals surface area contributed by atoms with Crippen LogP contribution in [0, 0.1) is 23.2 Å². The molecule has 1 fully saturated rings. The molecule has 1 saturated heterocycles. The van der Waals surface area contributed by atoms with Crippen LogP contribution in [0.5, 0.6) is 0 Å². The molecule has 5 atom stereocenters. The first-order valence-electron chi connectivity index (χ1n) is 14.5. The largest absolute Gasteiger partial charge is 0.499 e. The molecule has 0 aromatic heterocycles. The molecule has 0 N–H and O–H groups in total. The van der Waals surface area contributed by atoms with Crippen LogP contribution in [-0.4, -0.2) is 37.9 Å². The Morgan fingerprint density at radius 2 is 1.70 bits per heavy atom. The van der Waals surface area contributed by atoms with Crippen LogP contribution >= 0.6 is 0 Å². The van der Waals surface area contributed by atoms with Crippen molar-refractivity contribution in [3.63, 3.8) is 0 Å². The van der Waals surface area contributed by atoms with Crippen molar-refractivity contribution < 1.29 is 28.6 Å². The lowest BCUT2D eigenvalue weighted by Crippen LogP contribution is -2.47. The van der Waals surface area contributed by atoms with E-state index in [1.54, 1.807) is 0 Å². The molecule has 1 aliphatic heterocycles. The van der Waals surface area contributed by atoms with Gasteiger partial charge in [-0.15, -0.1) is 0 Å². The Labute approximate surface area is 241 Å². The Hall–Kier alpha value is -2.89. The standard InChI is InChI=1S/C34H50O6/c1-12-13-25(18-27(35)38-10)28-31-29(30(36)23(8)24(9)40-31)33(39-11)34(32(28)37,17-16-21(4)5)19-26(22(6)7)15-14-20(2)3/h14,16,23-26H,6,12-13,15,17-19H2,1-5,7-11H3/t23-,24-,25+,26-,34+/m1/s1. The van der Waals surface area contributed by atoms with E-state index in [1.165, 1.54) is 19.8 Å². The number of methoxy groups -OCH3 is 2. The van der Waals surface area contributed by atoms with Crippen molar-refractivity contribution in [1.82, 2.24) is 0 Å². The van der Waals surface area contributed by atoms with Crippen LogP contribution in [-0.2, 0) is 28.6 Å². The lowest BCUT2D eigenvalue weighted by Gasteiger charge is -2.45. The predicted molar refractivity (Wildman–Crippen MR) is 159 cm³/mol. The van der Waals surface area contributed by atoms with E-state index in [-0.39, 0.29) is 29.7 Å². The molecule has 2 rings (SSSR count). The summed E-state index contributed by atoms with van der Waals surface area (Å²) < 4.78 is 17.5. The number of rotatable bonds is 13. The van der Waals surface area contributed by atoms with Crippen LogP contribution in [0.4, 0.5) is 0 Å². The molecular weight excluding hydrogens is 504 g/mol. The van der Waals surface area contributed by atoms with Crippen LogP contribution in [0.2, 0.25) is 0 Å². The zero-order valence-corrected chi connectivity index (χ0v) is 26.4. The van der Waals surface area contributed by atoms with Crippen LogP contribution in [0.25, 0.3) is 0 Å². The number of Topliss-reactive ketones (excluding diaryl/α,β-unsaturated/α-hetero) is 2. The highest BCUT2D eigenvalue weighted by Gasteiger charge is 2.55. The molecule has 6 nitrogen and oxygen atoms in total. The minimum Gasteiger partial charge on any atom is -0.499 e. The van der Waals surface area contributed by atoms with E-state index in [4.69, 9.17) is 14.2 Å². The van der Waals surface area contributed by atoms with Crippen LogP contribution in [0.15, 0.2) is 58.1 Å². The third kappa shape index (κ3) is 7.05. The molecule has 40 heavy (non-hydrogen) atoms. The van der Waals surface area contributed by atoms with E-state index in [0.29, 0.717) is 36.2 Å². The molecule has 0 aromatic rings. The second kappa shape index (κ2) is 14.1. The number of allylic oxidation sites excluding steroid dienone is 8. The van der Waals surface area contributed by atoms with Crippen molar-refractivity contribution in [2.45, 2.75) is 100 Å². The number of fused-ring (bicyclic) bond motifs is 1. The zero-order valence-electron chi connectivity index (χ0n) is 26.4. The normalized spacial score (nSPS) is 24.1. The average molecular weight is 555 g/mol. The number of hydrogen-bond donors (Lipinski definition) is 0. The Balaban J connectivity index is 2.99. The highest BCUT2D eigenvalue weighted by atomic mass is 16.5. The van der Waals surface area contributed by atoms with Gasteiger partial charge in [0.1, 0.15) is 17.6 Å². The molecular formula is C34H50O6. The van der Waals surface area contributed by atoms with Crippen molar-refractivity contribution in [3.05, 3.63) is 58.1 Å². The first kappa shape index (κ1) is 33.3. The van der Waals surface area contributed by atoms with Crippen molar-refractivity contribution in [3.8, 4) is 0 Å². The minimum atomic E-state index is -1.15. The molecule has 0 aromatic carbocycles. The second-order valence-corrected chi connectivity index (χ2v) is 12.1. The van der Waals surface area contributed by atoms with Crippen molar-refractivity contribution in [2.24, 2.45) is 23.2 Å². The van der Waals surface area contributed by atoms with Gasteiger partial charge in [-0.3, -0.25) is 14.4 Å². The molecule has 222 valence electrons.